The first-order valence-corrected chi connectivity index (χ1v) is 8.98. The van der Waals surface area contributed by atoms with Gasteiger partial charge in [0, 0.05) is 10.9 Å². The molecule has 0 heterocycles. The fraction of sp³-hybridized carbons (Fsp3) is 0.647. The molecule has 3 atom stereocenters. The fourth-order valence-electron chi connectivity index (χ4n) is 3.70. The van der Waals surface area contributed by atoms with E-state index < -0.39 is 10.8 Å². The van der Waals surface area contributed by atoms with Crippen LogP contribution in [0.1, 0.15) is 50.7 Å². The molecule has 0 saturated heterocycles. The molecule has 0 spiro atoms. The Morgan fingerprint density at radius 2 is 1.95 bits per heavy atom. The molecule has 3 rings (SSSR count). The first kappa shape index (κ1) is 14.3. The van der Waals surface area contributed by atoms with Crippen molar-refractivity contribution in [1.29, 1.82) is 0 Å². The van der Waals surface area contributed by atoms with Crippen molar-refractivity contribution in [2.45, 2.75) is 68.6 Å². The summed E-state index contributed by atoms with van der Waals surface area (Å²) in [5.74, 6) is 0. The normalized spacial score (nSPS) is 29.9. The average Bonchev–Trinajstić information content (AvgIpc) is 2.88. The maximum atomic E-state index is 12.9. The summed E-state index contributed by atoms with van der Waals surface area (Å²) in [4.78, 5) is 0.990. The molecule has 0 radical (unpaired) electrons. The Hall–Kier alpha value is -0.670. The molecule has 2 N–H and O–H groups in total. The second kappa shape index (κ2) is 5.27. The predicted molar refractivity (Wildman–Crippen MR) is 84.3 cm³/mol. The molecule has 110 valence electrons. The third-order valence-electron chi connectivity index (χ3n) is 5.19. The molecule has 0 bridgehead atoms. The summed E-state index contributed by atoms with van der Waals surface area (Å²) in [7, 11) is -0.964. The van der Waals surface area contributed by atoms with E-state index >= 15 is 0 Å². The maximum Gasteiger partial charge on any atom is 0.0576 e. The molecule has 20 heavy (non-hydrogen) atoms. The SMILES string of the molecule is CC1(C)CCCC(S(=O)c2ccc3c(c2)CCC3)C1N. The minimum atomic E-state index is -0.964. The highest BCUT2D eigenvalue weighted by Gasteiger charge is 2.39. The van der Waals surface area contributed by atoms with Crippen LogP contribution in [0.3, 0.4) is 0 Å². The number of aryl methyl sites for hydroxylation is 2. The van der Waals surface area contributed by atoms with Crippen LogP contribution in [0.15, 0.2) is 23.1 Å². The highest BCUT2D eigenvalue weighted by molar-refractivity contribution is 7.85. The Balaban J connectivity index is 1.85. The van der Waals surface area contributed by atoms with Crippen molar-refractivity contribution in [1.82, 2.24) is 0 Å². The second-order valence-electron chi connectivity index (χ2n) is 7.03. The average molecular weight is 291 g/mol. The molecule has 1 aromatic rings. The fourth-order valence-corrected chi connectivity index (χ4v) is 5.52. The van der Waals surface area contributed by atoms with E-state index in [0.717, 1.165) is 30.6 Å². The summed E-state index contributed by atoms with van der Waals surface area (Å²) >= 11 is 0. The van der Waals surface area contributed by atoms with Crippen LogP contribution in [0.2, 0.25) is 0 Å². The lowest BCUT2D eigenvalue weighted by Gasteiger charge is -2.41. The highest BCUT2D eigenvalue weighted by Crippen LogP contribution is 2.38. The van der Waals surface area contributed by atoms with Gasteiger partial charge in [0.15, 0.2) is 0 Å². The lowest BCUT2D eigenvalue weighted by atomic mass is 9.73. The third-order valence-corrected chi connectivity index (χ3v) is 6.99. The Kier molecular flexibility index (Phi) is 3.76. The second-order valence-corrected chi connectivity index (χ2v) is 8.70. The van der Waals surface area contributed by atoms with Crippen molar-refractivity contribution < 1.29 is 4.21 Å². The minimum Gasteiger partial charge on any atom is -0.326 e. The van der Waals surface area contributed by atoms with Crippen LogP contribution in [0, 0.1) is 5.41 Å². The van der Waals surface area contributed by atoms with Gasteiger partial charge in [-0.25, -0.2) is 0 Å². The molecular formula is C17H25NOS. The monoisotopic (exact) mass is 291 g/mol. The molecule has 1 saturated carbocycles. The Morgan fingerprint density at radius 1 is 1.20 bits per heavy atom. The summed E-state index contributed by atoms with van der Waals surface area (Å²) in [6.45, 7) is 4.42. The molecular weight excluding hydrogens is 266 g/mol. The van der Waals surface area contributed by atoms with Gasteiger partial charge < -0.3 is 5.73 Å². The number of hydrogen-bond donors (Lipinski definition) is 1. The number of hydrogen-bond acceptors (Lipinski definition) is 2. The lowest BCUT2D eigenvalue weighted by molar-refractivity contribution is 0.206. The maximum absolute atomic E-state index is 12.9. The Bertz CT molecular complexity index is 538. The van der Waals surface area contributed by atoms with E-state index in [2.05, 4.69) is 32.0 Å². The number of nitrogens with two attached hydrogens (primary N) is 1. The summed E-state index contributed by atoms with van der Waals surface area (Å²) in [5, 5.41) is 0.109. The molecule has 1 aromatic carbocycles. The van der Waals surface area contributed by atoms with E-state index in [1.807, 2.05) is 0 Å². The van der Waals surface area contributed by atoms with Crippen LogP contribution in [-0.4, -0.2) is 15.5 Å². The first-order valence-electron chi connectivity index (χ1n) is 7.77. The highest BCUT2D eigenvalue weighted by atomic mass is 32.2. The summed E-state index contributed by atoms with van der Waals surface area (Å²) in [5.41, 5.74) is 9.37. The van der Waals surface area contributed by atoms with E-state index in [0.29, 0.717) is 0 Å². The van der Waals surface area contributed by atoms with E-state index in [-0.39, 0.29) is 16.7 Å². The van der Waals surface area contributed by atoms with Crippen molar-refractivity contribution in [3.63, 3.8) is 0 Å². The quantitative estimate of drug-likeness (QED) is 0.909. The zero-order chi connectivity index (χ0) is 14.3. The van der Waals surface area contributed by atoms with Crippen molar-refractivity contribution >= 4 is 10.8 Å². The molecule has 3 heteroatoms. The number of benzene rings is 1. The van der Waals surface area contributed by atoms with Crippen LogP contribution in [0.5, 0.6) is 0 Å². The van der Waals surface area contributed by atoms with Gasteiger partial charge in [-0.1, -0.05) is 26.3 Å². The third kappa shape index (κ3) is 2.46. The van der Waals surface area contributed by atoms with Crippen LogP contribution in [0.25, 0.3) is 0 Å². The minimum absolute atomic E-state index is 0.0327. The van der Waals surface area contributed by atoms with Crippen molar-refractivity contribution in [2.24, 2.45) is 11.1 Å². The van der Waals surface area contributed by atoms with E-state index in [1.54, 1.807) is 0 Å². The molecule has 0 amide bonds. The zero-order valence-electron chi connectivity index (χ0n) is 12.5. The van der Waals surface area contributed by atoms with Gasteiger partial charge in [-0.15, -0.1) is 0 Å². The summed E-state index contributed by atoms with van der Waals surface area (Å²) < 4.78 is 12.9. The Morgan fingerprint density at radius 3 is 2.75 bits per heavy atom. The van der Waals surface area contributed by atoms with E-state index in [9.17, 15) is 4.21 Å². The van der Waals surface area contributed by atoms with Crippen molar-refractivity contribution in [3.05, 3.63) is 29.3 Å². The van der Waals surface area contributed by atoms with Gasteiger partial charge in [0.2, 0.25) is 0 Å². The van der Waals surface area contributed by atoms with E-state index in [1.165, 1.54) is 24.0 Å². The smallest absolute Gasteiger partial charge is 0.0576 e. The van der Waals surface area contributed by atoms with Gasteiger partial charge in [-0.3, -0.25) is 4.21 Å². The zero-order valence-corrected chi connectivity index (χ0v) is 13.3. The predicted octanol–water partition coefficient (Wildman–Crippen LogP) is 3.19. The van der Waals surface area contributed by atoms with Gasteiger partial charge in [0.1, 0.15) is 0 Å². The van der Waals surface area contributed by atoms with Crippen LogP contribution >= 0.6 is 0 Å². The standard InChI is InChI=1S/C17H25NOS/c1-17(2)10-4-7-15(16(17)18)20(19)14-9-8-12-5-3-6-13(12)11-14/h8-9,11,15-16H,3-7,10,18H2,1-2H3. The first-order chi connectivity index (χ1) is 9.49. The topological polar surface area (TPSA) is 43.1 Å². The molecule has 3 unspecified atom stereocenters. The lowest BCUT2D eigenvalue weighted by Crippen LogP contribution is -2.51. The Labute approximate surface area is 124 Å². The summed E-state index contributed by atoms with van der Waals surface area (Å²) in [6.07, 6.45) is 6.84. The van der Waals surface area contributed by atoms with E-state index in [4.69, 9.17) is 5.73 Å². The molecule has 1 fully saturated rings. The number of fused-ring (bicyclic) bond motifs is 1. The molecule has 2 aliphatic rings. The van der Waals surface area contributed by atoms with Crippen molar-refractivity contribution in [2.75, 3.05) is 0 Å². The van der Waals surface area contributed by atoms with Gasteiger partial charge in [-0.05, 0) is 60.8 Å². The van der Waals surface area contributed by atoms with Crippen LogP contribution in [-0.2, 0) is 23.6 Å². The van der Waals surface area contributed by atoms with Gasteiger partial charge in [0.25, 0.3) is 0 Å². The van der Waals surface area contributed by atoms with Crippen molar-refractivity contribution in [3.8, 4) is 0 Å². The number of rotatable bonds is 2. The van der Waals surface area contributed by atoms with Gasteiger partial charge in [0.05, 0.1) is 16.0 Å². The molecule has 2 aliphatic carbocycles. The van der Waals surface area contributed by atoms with Gasteiger partial charge in [-0.2, -0.15) is 0 Å². The molecule has 0 aromatic heterocycles. The largest absolute Gasteiger partial charge is 0.326 e. The molecule has 0 aliphatic heterocycles. The summed E-state index contributed by atoms with van der Waals surface area (Å²) in [6, 6.07) is 6.45. The van der Waals surface area contributed by atoms with Crippen LogP contribution in [0.4, 0.5) is 0 Å². The molecule has 2 nitrogen and oxygen atoms in total. The van der Waals surface area contributed by atoms with Crippen LogP contribution < -0.4 is 5.73 Å². The van der Waals surface area contributed by atoms with Gasteiger partial charge >= 0.3 is 0 Å².